The Hall–Kier alpha value is -1.56. The summed E-state index contributed by atoms with van der Waals surface area (Å²) in [6.45, 7) is 2.00. The number of rotatable bonds is 3. The van der Waals surface area contributed by atoms with Crippen molar-refractivity contribution in [2.24, 2.45) is 5.73 Å². The van der Waals surface area contributed by atoms with Crippen molar-refractivity contribution in [2.75, 3.05) is 0 Å². The quantitative estimate of drug-likeness (QED) is 0.793. The molecule has 0 fully saturated rings. The number of aromatic nitrogens is 2. The molecule has 0 bridgehead atoms. The van der Waals surface area contributed by atoms with Crippen LogP contribution >= 0.6 is 22.7 Å². The average Bonchev–Trinajstić information content (AvgIpc) is 3.08. The van der Waals surface area contributed by atoms with Crippen LogP contribution < -0.4 is 5.73 Å². The first-order chi connectivity index (χ1) is 9.25. The van der Waals surface area contributed by atoms with Crippen molar-refractivity contribution in [3.05, 3.63) is 46.9 Å². The van der Waals surface area contributed by atoms with Gasteiger partial charge in [0.25, 0.3) is 0 Å². The first kappa shape index (κ1) is 12.5. The lowest BCUT2D eigenvalue weighted by Gasteiger charge is -2.02. The Morgan fingerprint density at radius 3 is 2.63 bits per heavy atom. The Balaban J connectivity index is 2.12. The molecule has 0 spiro atoms. The number of thiazole rings is 1. The van der Waals surface area contributed by atoms with Crippen LogP contribution in [0.25, 0.3) is 21.1 Å². The molecule has 5 heteroatoms. The highest BCUT2D eigenvalue weighted by Crippen LogP contribution is 2.38. The van der Waals surface area contributed by atoms with E-state index in [0.717, 1.165) is 21.1 Å². The first-order valence-electron chi connectivity index (χ1n) is 5.96. The topological polar surface area (TPSA) is 51.8 Å². The van der Waals surface area contributed by atoms with Gasteiger partial charge in [-0.15, -0.1) is 22.7 Å². The van der Waals surface area contributed by atoms with Crippen LogP contribution in [0.3, 0.4) is 0 Å². The zero-order valence-corrected chi connectivity index (χ0v) is 12.0. The molecular weight excluding hydrogens is 274 g/mol. The van der Waals surface area contributed by atoms with Gasteiger partial charge in [-0.05, 0) is 30.5 Å². The number of nitrogens with two attached hydrogens (primary N) is 1. The van der Waals surface area contributed by atoms with Gasteiger partial charge in [-0.3, -0.25) is 4.98 Å². The summed E-state index contributed by atoms with van der Waals surface area (Å²) < 4.78 is 0. The molecule has 3 nitrogen and oxygen atoms in total. The summed E-state index contributed by atoms with van der Waals surface area (Å²) in [6, 6.07) is 8.06. The number of hydrogen-bond acceptors (Lipinski definition) is 5. The highest BCUT2D eigenvalue weighted by Gasteiger charge is 2.17. The van der Waals surface area contributed by atoms with Crippen molar-refractivity contribution in [1.82, 2.24) is 9.97 Å². The molecule has 1 unspecified atom stereocenters. The van der Waals surface area contributed by atoms with Gasteiger partial charge in [0.1, 0.15) is 5.01 Å². The molecule has 0 radical (unpaired) electrons. The molecule has 3 aromatic heterocycles. The van der Waals surface area contributed by atoms with Crippen molar-refractivity contribution >= 4 is 22.7 Å². The maximum absolute atomic E-state index is 6.07. The summed E-state index contributed by atoms with van der Waals surface area (Å²) in [5.41, 5.74) is 8.18. The van der Waals surface area contributed by atoms with E-state index in [4.69, 9.17) is 10.7 Å². The van der Waals surface area contributed by atoms with Crippen molar-refractivity contribution in [3.8, 4) is 21.1 Å². The third-order valence-corrected chi connectivity index (χ3v) is 4.93. The molecule has 1 atom stereocenters. The molecule has 96 valence electrons. The minimum absolute atomic E-state index is 0.00909. The average molecular weight is 287 g/mol. The van der Waals surface area contributed by atoms with E-state index in [1.165, 1.54) is 4.88 Å². The summed E-state index contributed by atoms with van der Waals surface area (Å²) in [7, 11) is 0. The summed E-state index contributed by atoms with van der Waals surface area (Å²) in [6.07, 6.45) is 3.57. The van der Waals surface area contributed by atoms with E-state index in [0.29, 0.717) is 0 Å². The van der Waals surface area contributed by atoms with Gasteiger partial charge >= 0.3 is 0 Å². The molecule has 2 N–H and O–H groups in total. The van der Waals surface area contributed by atoms with Crippen LogP contribution in [0.15, 0.2) is 42.0 Å². The molecule has 19 heavy (non-hydrogen) atoms. The summed E-state index contributed by atoms with van der Waals surface area (Å²) in [4.78, 5) is 11.1. The Kier molecular flexibility index (Phi) is 3.42. The predicted octanol–water partition coefficient (Wildman–Crippen LogP) is 3.95. The van der Waals surface area contributed by atoms with Gasteiger partial charge in [-0.2, -0.15) is 0 Å². The van der Waals surface area contributed by atoms with Gasteiger partial charge in [-0.25, -0.2) is 4.98 Å². The van der Waals surface area contributed by atoms with Crippen molar-refractivity contribution in [1.29, 1.82) is 0 Å². The molecule has 0 saturated heterocycles. The van der Waals surface area contributed by atoms with E-state index in [2.05, 4.69) is 16.4 Å². The van der Waals surface area contributed by atoms with Crippen molar-refractivity contribution in [3.63, 3.8) is 0 Å². The number of hydrogen-bond donors (Lipinski definition) is 1. The van der Waals surface area contributed by atoms with Gasteiger partial charge in [0.2, 0.25) is 0 Å². The maximum atomic E-state index is 6.07. The van der Waals surface area contributed by atoms with Crippen LogP contribution in [-0.2, 0) is 0 Å². The molecule has 0 amide bonds. The highest BCUT2D eigenvalue weighted by molar-refractivity contribution is 7.17. The molecule has 0 aliphatic rings. The Morgan fingerprint density at radius 1 is 1.21 bits per heavy atom. The second-order valence-electron chi connectivity index (χ2n) is 4.23. The third kappa shape index (κ3) is 2.45. The summed E-state index contributed by atoms with van der Waals surface area (Å²) in [5.74, 6) is 0. The molecule has 3 heterocycles. The van der Waals surface area contributed by atoms with Crippen molar-refractivity contribution in [2.45, 2.75) is 13.0 Å². The van der Waals surface area contributed by atoms with Gasteiger partial charge in [0, 0.05) is 24.0 Å². The molecule has 0 saturated carbocycles. The fourth-order valence-electron chi connectivity index (χ4n) is 1.85. The van der Waals surface area contributed by atoms with Gasteiger partial charge in [0.15, 0.2) is 0 Å². The number of nitrogens with zero attached hydrogens (tertiary/aromatic N) is 2. The van der Waals surface area contributed by atoms with E-state index < -0.39 is 0 Å². The maximum Gasteiger partial charge on any atom is 0.124 e. The second kappa shape index (κ2) is 5.21. The lowest BCUT2D eigenvalue weighted by Crippen LogP contribution is -2.03. The second-order valence-corrected chi connectivity index (χ2v) is 6.21. The van der Waals surface area contributed by atoms with Crippen LogP contribution in [0.1, 0.15) is 17.8 Å². The number of pyridine rings is 1. The molecular formula is C14H13N3S2. The zero-order valence-electron chi connectivity index (χ0n) is 10.4. The normalized spacial score (nSPS) is 12.5. The predicted molar refractivity (Wildman–Crippen MR) is 81.3 cm³/mol. The largest absolute Gasteiger partial charge is 0.323 e. The smallest absolute Gasteiger partial charge is 0.124 e. The first-order valence-corrected chi connectivity index (χ1v) is 7.66. The Labute approximate surface area is 119 Å². The van der Waals surface area contributed by atoms with E-state index in [9.17, 15) is 0 Å². The van der Waals surface area contributed by atoms with E-state index in [1.54, 1.807) is 35.1 Å². The van der Waals surface area contributed by atoms with Crippen LogP contribution in [0, 0.1) is 0 Å². The molecule has 0 aliphatic carbocycles. The van der Waals surface area contributed by atoms with Crippen molar-refractivity contribution < 1.29 is 0 Å². The Morgan fingerprint density at radius 2 is 2.00 bits per heavy atom. The van der Waals surface area contributed by atoms with Crippen LogP contribution in [-0.4, -0.2) is 9.97 Å². The lowest BCUT2D eigenvalue weighted by atomic mass is 10.2. The fourth-order valence-corrected chi connectivity index (χ4v) is 3.68. The minimum atomic E-state index is -0.00909. The van der Waals surface area contributed by atoms with Gasteiger partial charge in [-0.1, -0.05) is 6.07 Å². The lowest BCUT2D eigenvalue weighted by molar-refractivity contribution is 0.838. The monoisotopic (exact) mass is 287 g/mol. The molecule has 3 rings (SSSR count). The summed E-state index contributed by atoms with van der Waals surface area (Å²) in [5, 5.41) is 3.06. The Bertz CT molecular complexity index is 657. The van der Waals surface area contributed by atoms with Crippen LogP contribution in [0.5, 0.6) is 0 Å². The van der Waals surface area contributed by atoms with Crippen LogP contribution in [0.4, 0.5) is 0 Å². The molecule has 3 aromatic rings. The fraction of sp³-hybridized carbons (Fsp3) is 0.143. The highest BCUT2D eigenvalue weighted by atomic mass is 32.1. The SMILES string of the molecule is CC(N)c1sc(-c2ccncc2)nc1-c1cccs1. The van der Waals surface area contributed by atoms with E-state index >= 15 is 0 Å². The van der Waals surface area contributed by atoms with Gasteiger partial charge in [0.05, 0.1) is 15.4 Å². The van der Waals surface area contributed by atoms with Gasteiger partial charge < -0.3 is 5.73 Å². The zero-order chi connectivity index (χ0) is 13.2. The summed E-state index contributed by atoms with van der Waals surface area (Å²) >= 11 is 3.35. The third-order valence-electron chi connectivity index (χ3n) is 2.75. The minimum Gasteiger partial charge on any atom is -0.323 e. The standard InChI is InChI=1S/C14H13N3S2/c1-9(15)13-12(11-3-2-8-18-11)17-14(19-13)10-4-6-16-7-5-10/h2-9H,15H2,1H3. The molecule has 0 aromatic carbocycles. The molecule has 0 aliphatic heterocycles. The number of thiophene rings is 1. The van der Waals surface area contributed by atoms with E-state index in [-0.39, 0.29) is 6.04 Å². The van der Waals surface area contributed by atoms with Crippen LogP contribution in [0.2, 0.25) is 0 Å². The van der Waals surface area contributed by atoms with E-state index in [1.807, 2.05) is 25.1 Å².